The van der Waals surface area contributed by atoms with Crippen LogP contribution in [-0.2, 0) is 9.59 Å². The van der Waals surface area contributed by atoms with E-state index >= 15 is 0 Å². The molecule has 0 unspecified atom stereocenters. The number of rotatable bonds is 3. The fraction of sp³-hybridized carbons (Fsp3) is 0.867. The first-order valence-corrected chi connectivity index (χ1v) is 7.74. The van der Waals surface area contributed by atoms with Gasteiger partial charge in [0.05, 0.1) is 5.54 Å². The summed E-state index contributed by atoms with van der Waals surface area (Å²) in [4.78, 5) is 27.8. The summed E-state index contributed by atoms with van der Waals surface area (Å²) in [6.07, 6.45) is 4.83. The van der Waals surface area contributed by atoms with Crippen molar-refractivity contribution < 1.29 is 9.59 Å². The largest absolute Gasteiger partial charge is 0.342 e. The van der Waals surface area contributed by atoms with Gasteiger partial charge in [-0.2, -0.15) is 0 Å². The second-order valence-corrected chi connectivity index (χ2v) is 6.75. The lowest BCUT2D eigenvalue weighted by molar-refractivity contribution is -0.138. The van der Waals surface area contributed by atoms with E-state index in [1.165, 1.54) is 0 Å². The van der Waals surface area contributed by atoms with Crippen LogP contribution in [0.4, 0.5) is 0 Å². The molecule has 21 heavy (non-hydrogen) atoms. The van der Waals surface area contributed by atoms with E-state index in [9.17, 15) is 9.59 Å². The van der Waals surface area contributed by atoms with Gasteiger partial charge in [0, 0.05) is 32.6 Å². The predicted molar refractivity (Wildman–Crippen MR) is 85.2 cm³/mol. The van der Waals surface area contributed by atoms with Crippen LogP contribution in [0.3, 0.4) is 0 Å². The van der Waals surface area contributed by atoms with Crippen molar-refractivity contribution in [3.63, 3.8) is 0 Å². The number of piperidine rings is 2. The molecule has 122 valence electrons. The van der Waals surface area contributed by atoms with Crippen LogP contribution >= 0.6 is 12.4 Å². The minimum absolute atomic E-state index is 0. The molecule has 2 fully saturated rings. The Bertz CT molecular complexity index is 374. The molecule has 0 atom stereocenters. The van der Waals surface area contributed by atoms with E-state index in [1.807, 2.05) is 9.80 Å². The fourth-order valence-corrected chi connectivity index (χ4v) is 3.09. The highest BCUT2D eigenvalue weighted by molar-refractivity contribution is 5.85. The summed E-state index contributed by atoms with van der Waals surface area (Å²) in [5.41, 5.74) is 5.09. The zero-order valence-electron chi connectivity index (χ0n) is 13.1. The Morgan fingerprint density at radius 3 is 2.38 bits per heavy atom. The van der Waals surface area contributed by atoms with Crippen molar-refractivity contribution in [2.45, 2.75) is 51.5 Å². The van der Waals surface area contributed by atoms with Gasteiger partial charge in [0.15, 0.2) is 0 Å². The Hall–Kier alpha value is -0.810. The van der Waals surface area contributed by atoms with E-state index in [0.29, 0.717) is 18.2 Å². The number of halogens is 1. The van der Waals surface area contributed by atoms with Crippen LogP contribution in [0.1, 0.15) is 46.0 Å². The molecule has 2 N–H and O–H groups in total. The van der Waals surface area contributed by atoms with Crippen molar-refractivity contribution in [3.05, 3.63) is 0 Å². The fourth-order valence-electron chi connectivity index (χ4n) is 3.09. The molecule has 0 aromatic carbocycles. The quantitative estimate of drug-likeness (QED) is 0.855. The summed E-state index contributed by atoms with van der Waals surface area (Å²) >= 11 is 0. The Morgan fingerprint density at radius 1 is 1.24 bits per heavy atom. The maximum absolute atomic E-state index is 12.1. The molecule has 0 bridgehead atoms. The average molecular weight is 318 g/mol. The van der Waals surface area contributed by atoms with Crippen LogP contribution in [0.25, 0.3) is 0 Å². The zero-order chi connectivity index (χ0) is 14.8. The number of likely N-dealkylation sites (tertiary alicyclic amines) is 2. The molecule has 2 rings (SSSR count). The minimum atomic E-state index is -0.782. The number of carbonyl (C=O) groups excluding carboxylic acids is 2. The van der Waals surface area contributed by atoms with E-state index < -0.39 is 5.54 Å². The van der Waals surface area contributed by atoms with Crippen LogP contribution in [-0.4, -0.2) is 53.3 Å². The van der Waals surface area contributed by atoms with Crippen molar-refractivity contribution in [1.82, 2.24) is 9.80 Å². The second kappa shape index (κ2) is 7.45. The highest BCUT2D eigenvalue weighted by atomic mass is 35.5. The lowest BCUT2D eigenvalue weighted by atomic mass is 9.93. The Morgan fingerprint density at radius 2 is 1.86 bits per heavy atom. The van der Waals surface area contributed by atoms with Gasteiger partial charge in [0.2, 0.25) is 11.8 Å². The van der Waals surface area contributed by atoms with Gasteiger partial charge in [-0.15, -0.1) is 12.4 Å². The van der Waals surface area contributed by atoms with Gasteiger partial charge in [-0.25, -0.2) is 0 Å². The Kier molecular flexibility index (Phi) is 6.47. The maximum atomic E-state index is 12.1. The molecule has 0 aromatic heterocycles. The maximum Gasteiger partial charge on any atom is 0.242 e. The van der Waals surface area contributed by atoms with Crippen LogP contribution in [0.15, 0.2) is 0 Å². The van der Waals surface area contributed by atoms with E-state index in [0.717, 1.165) is 51.9 Å². The van der Waals surface area contributed by atoms with Crippen molar-refractivity contribution in [2.24, 2.45) is 11.7 Å². The monoisotopic (exact) mass is 317 g/mol. The third kappa shape index (κ3) is 4.85. The molecule has 2 heterocycles. The first-order valence-electron chi connectivity index (χ1n) is 7.74. The number of carbonyl (C=O) groups is 2. The Balaban J connectivity index is 0.00000220. The van der Waals surface area contributed by atoms with Crippen molar-refractivity contribution in [3.8, 4) is 0 Å². The molecule has 0 radical (unpaired) electrons. The van der Waals surface area contributed by atoms with Crippen molar-refractivity contribution >= 4 is 24.2 Å². The molecule has 0 aliphatic carbocycles. The van der Waals surface area contributed by atoms with Crippen molar-refractivity contribution in [1.29, 1.82) is 0 Å². The Labute approximate surface area is 133 Å². The van der Waals surface area contributed by atoms with Gasteiger partial charge in [0.1, 0.15) is 0 Å². The number of nitrogens with zero attached hydrogens (tertiary/aromatic N) is 2. The summed E-state index contributed by atoms with van der Waals surface area (Å²) in [5.74, 6) is 0.866. The minimum Gasteiger partial charge on any atom is -0.342 e. The number of hydrogen-bond acceptors (Lipinski definition) is 3. The molecule has 0 aromatic rings. The topological polar surface area (TPSA) is 66.6 Å². The van der Waals surface area contributed by atoms with Gasteiger partial charge in [-0.3, -0.25) is 9.59 Å². The number of hydrogen-bond donors (Lipinski definition) is 1. The smallest absolute Gasteiger partial charge is 0.242 e. The molecule has 0 saturated carbocycles. The van der Waals surface area contributed by atoms with Crippen molar-refractivity contribution in [2.75, 3.05) is 26.2 Å². The van der Waals surface area contributed by atoms with Gasteiger partial charge < -0.3 is 15.5 Å². The standard InChI is InChI=1S/C15H27N3O2.ClH/c1-15(2,16)14(20)17-9-6-12(7-10-17)11-18-8-4-3-5-13(18)19;/h12H,3-11,16H2,1-2H3;1H. The third-order valence-electron chi connectivity index (χ3n) is 4.35. The van der Waals surface area contributed by atoms with Crippen LogP contribution < -0.4 is 5.73 Å². The first-order chi connectivity index (χ1) is 9.38. The average Bonchev–Trinajstić information content (AvgIpc) is 2.40. The molecule has 6 heteroatoms. The van der Waals surface area contributed by atoms with E-state index in [4.69, 9.17) is 5.73 Å². The lowest BCUT2D eigenvalue weighted by Gasteiger charge is -2.38. The van der Waals surface area contributed by atoms with E-state index in [1.54, 1.807) is 13.8 Å². The SMILES string of the molecule is CC(C)(N)C(=O)N1CCC(CN2CCCCC2=O)CC1.Cl. The molecule has 2 aliphatic heterocycles. The summed E-state index contributed by atoms with van der Waals surface area (Å²) < 4.78 is 0. The molecule has 2 amide bonds. The molecular formula is C15H28ClN3O2. The first kappa shape index (κ1) is 18.2. The normalized spacial score (nSPS) is 21.2. The van der Waals surface area contributed by atoms with E-state index in [2.05, 4.69) is 0 Å². The summed E-state index contributed by atoms with van der Waals surface area (Å²) in [5, 5.41) is 0. The summed E-state index contributed by atoms with van der Waals surface area (Å²) in [6.45, 7) is 6.83. The molecular weight excluding hydrogens is 290 g/mol. The van der Waals surface area contributed by atoms with Crippen LogP contribution in [0.5, 0.6) is 0 Å². The summed E-state index contributed by atoms with van der Waals surface area (Å²) in [7, 11) is 0. The molecule has 2 aliphatic rings. The highest BCUT2D eigenvalue weighted by Gasteiger charge is 2.31. The van der Waals surface area contributed by atoms with E-state index in [-0.39, 0.29) is 18.3 Å². The highest BCUT2D eigenvalue weighted by Crippen LogP contribution is 2.22. The van der Waals surface area contributed by atoms with Gasteiger partial charge >= 0.3 is 0 Å². The second-order valence-electron chi connectivity index (χ2n) is 6.75. The number of nitrogens with two attached hydrogens (primary N) is 1. The van der Waals surface area contributed by atoms with Crippen LogP contribution in [0.2, 0.25) is 0 Å². The summed E-state index contributed by atoms with van der Waals surface area (Å²) in [6, 6.07) is 0. The third-order valence-corrected chi connectivity index (χ3v) is 4.35. The predicted octanol–water partition coefficient (Wildman–Crippen LogP) is 1.40. The molecule has 5 nitrogen and oxygen atoms in total. The number of amides is 2. The lowest BCUT2D eigenvalue weighted by Crippen LogP contribution is -2.53. The molecule has 0 spiro atoms. The van der Waals surface area contributed by atoms with Crippen LogP contribution in [0, 0.1) is 5.92 Å². The molecule has 2 saturated heterocycles. The van der Waals surface area contributed by atoms with Gasteiger partial charge in [-0.1, -0.05) is 0 Å². The van der Waals surface area contributed by atoms with Gasteiger partial charge in [0.25, 0.3) is 0 Å². The van der Waals surface area contributed by atoms with Gasteiger partial charge in [-0.05, 0) is 45.4 Å². The zero-order valence-corrected chi connectivity index (χ0v) is 14.0.